The van der Waals surface area contributed by atoms with E-state index in [1.165, 1.54) is 12.5 Å². The first-order valence-electron chi connectivity index (χ1n) is 7.76. The Morgan fingerprint density at radius 1 is 1.17 bits per heavy atom. The van der Waals surface area contributed by atoms with Gasteiger partial charge >= 0.3 is 5.97 Å². The second kappa shape index (κ2) is 8.67. The minimum Gasteiger partial charge on any atom is -0.549 e. The fraction of sp³-hybridized carbons (Fsp3) is 0.556. The van der Waals surface area contributed by atoms with Gasteiger partial charge < -0.3 is 19.5 Å². The van der Waals surface area contributed by atoms with E-state index in [4.69, 9.17) is 5.11 Å². The lowest BCUT2D eigenvalue weighted by molar-refractivity contribution is -0.884. The SMILES string of the molecule is CCC(C(=O)[O-])(C(=O)O)C(C)C.C[N+](C)(C)Cc1ccccc1. The van der Waals surface area contributed by atoms with Gasteiger partial charge in [-0.3, -0.25) is 4.79 Å². The lowest BCUT2D eigenvalue weighted by Gasteiger charge is -2.32. The Bertz CT molecular complexity index is 490. The molecule has 130 valence electrons. The summed E-state index contributed by atoms with van der Waals surface area (Å²) in [6.07, 6.45) is 0.0440. The van der Waals surface area contributed by atoms with E-state index in [0.29, 0.717) is 0 Å². The van der Waals surface area contributed by atoms with Crippen molar-refractivity contribution in [2.45, 2.75) is 33.7 Å². The smallest absolute Gasteiger partial charge is 0.315 e. The van der Waals surface area contributed by atoms with Crippen LogP contribution in [0.4, 0.5) is 0 Å². The zero-order valence-corrected chi connectivity index (χ0v) is 15.0. The maximum Gasteiger partial charge on any atom is 0.315 e. The van der Waals surface area contributed by atoms with Crippen LogP contribution in [-0.2, 0) is 16.1 Å². The van der Waals surface area contributed by atoms with Gasteiger partial charge in [0, 0.05) is 5.56 Å². The van der Waals surface area contributed by atoms with Crippen LogP contribution in [0.2, 0.25) is 0 Å². The number of nitrogens with zero attached hydrogens (tertiary/aromatic N) is 1. The van der Waals surface area contributed by atoms with E-state index in [1.54, 1.807) is 13.8 Å². The summed E-state index contributed by atoms with van der Waals surface area (Å²) in [6, 6.07) is 10.6. The lowest BCUT2D eigenvalue weighted by atomic mass is 9.75. The number of carbonyl (C=O) groups excluding carboxylic acids is 1. The molecule has 1 aromatic carbocycles. The molecular formula is C18H29NO4. The molecule has 0 saturated heterocycles. The van der Waals surface area contributed by atoms with Crippen molar-refractivity contribution in [3.63, 3.8) is 0 Å². The van der Waals surface area contributed by atoms with E-state index in [1.807, 2.05) is 0 Å². The molecule has 0 spiro atoms. The predicted octanol–water partition coefficient (Wildman–Crippen LogP) is 1.77. The van der Waals surface area contributed by atoms with Crippen LogP contribution in [0.15, 0.2) is 30.3 Å². The van der Waals surface area contributed by atoms with Gasteiger partial charge in [0.1, 0.15) is 12.0 Å². The maximum absolute atomic E-state index is 10.7. The summed E-state index contributed by atoms with van der Waals surface area (Å²) in [4.78, 5) is 21.4. The molecule has 1 atom stereocenters. The Hall–Kier alpha value is -1.88. The van der Waals surface area contributed by atoms with Gasteiger partial charge in [-0.05, 0) is 12.3 Å². The second-order valence-corrected chi connectivity index (χ2v) is 7.01. The van der Waals surface area contributed by atoms with Crippen LogP contribution in [-0.4, -0.2) is 42.7 Å². The highest BCUT2D eigenvalue weighted by Crippen LogP contribution is 2.31. The molecular weight excluding hydrogens is 294 g/mol. The molecule has 1 aromatic rings. The Morgan fingerprint density at radius 2 is 1.65 bits per heavy atom. The van der Waals surface area contributed by atoms with Crippen LogP contribution >= 0.6 is 0 Å². The normalized spacial score (nSPS) is 13.7. The van der Waals surface area contributed by atoms with Crippen LogP contribution in [0.3, 0.4) is 0 Å². The third kappa shape index (κ3) is 6.40. The molecule has 0 aliphatic carbocycles. The Balaban J connectivity index is 0.000000422. The van der Waals surface area contributed by atoms with E-state index in [2.05, 4.69) is 51.5 Å². The number of carboxylic acid groups (broad SMARTS) is 2. The van der Waals surface area contributed by atoms with Crippen molar-refractivity contribution in [2.75, 3.05) is 21.1 Å². The van der Waals surface area contributed by atoms with E-state index >= 15 is 0 Å². The minimum absolute atomic E-state index is 0.0440. The van der Waals surface area contributed by atoms with Crippen molar-refractivity contribution in [3.05, 3.63) is 35.9 Å². The third-order valence-electron chi connectivity index (χ3n) is 3.79. The maximum atomic E-state index is 10.7. The molecule has 1 unspecified atom stereocenters. The molecule has 23 heavy (non-hydrogen) atoms. The van der Waals surface area contributed by atoms with E-state index in [0.717, 1.165) is 11.0 Å². The highest BCUT2D eigenvalue weighted by molar-refractivity contribution is 5.97. The summed E-state index contributed by atoms with van der Waals surface area (Å²) in [7, 11) is 6.60. The van der Waals surface area contributed by atoms with Gasteiger partial charge in [-0.25, -0.2) is 0 Å². The molecule has 1 rings (SSSR count). The lowest BCUT2D eigenvalue weighted by Crippen LogP contribution is -2.50. The summed E-state index contributed by atoms with van der Waals surface area (Å²) in [5.41, 5.74) is -0.333. The molecule has 0 fully saturated rings. The number of hydrogen-bond donors (Lipinski definition) is 1. The van der Waals surface area contributed by atoms with Crippen molar-refractivity contribution in [2.24, 2.45) is 11.3 Å². The highest BCUT2D eigenvalue weighted by Gasteiger charge is 2.41. The molecule has 0 bridgehead atoms. The average Bonchev–Trinajstić information content (AvgIpc) is 2.38. The number of carboxylic acids is 2. The largest absolute Gasteiger partial charge is 0.549 e. The monoisotopic (exact) mass is 323 g/mol. The number of rotatable bonds is 6. The summed E-state index contributed by atoms with van der Waals surface area (Å²) in [6.45, 7) is 5.76. The van der Waals surface area contributed by atoms with Gasteiger partial charge in [-0.2, -0.15) is 0 Å². The molecule has 0 saturated carbocycles. The quantitative estimate of drug-likeness (QED) is 0.639. The number of quaternary nitrogens is 1. The predicted molar refractivity (Wildman–Crippen MR) is 88.4 cm³/mol. The van der Waals surface area contributed by atoms with E-state index in [9.17, 15) is 14.7 Å². The highest BCUT2D eigenvalue weighted by atomic mass is 16.4. The first-order valence-corrected chi connectivity index (χ1v) is 7.76. The molecule has 0 aromatic heterocycles. The zero-order chi connectivity index (χ0) is 18.3. The van der Waals surface area contributed by atoms with Gasteiger partial charge in [0.15, 0.2) is 0 Å². The van der Waals surface area contributed by atoms with Gasteiger partial charge in [0.25, 0.3) is 0 Å². The Morgan fingerprint density at radius 3 is 1.87 bits per heavy atom. The van der Waals surface area contributed by atoms with Gasteiger partial charge in [0.2, 0.25) is 0 Å². The van der Waals surface area contributed by atoms with Crippen LogP contribution in [0.1, 0.15) is 32.8 Å². The molecule has 0 aliphatic heterocycles. The second-order valence-electron chi connectivity index (χ2n) is 7.01. The fourth-order valence-corrected chi connectivity index (χ4v) is 2.40. The summed E-state index contributed by atoms with van der Waals surface area (Å²) < 4.78 is 0.990. The number of carbonyl (C=O) groups is 2. The summed E-state index contributed by atoms with van der Waals surface area (Å²) >= 11 is 0. The fourth-order valence-electron chi connectivity index (χ4n) is 2.40. The average molecular weight is 323 g/mol. The van der Waals surface area contributed by atoms with E-state index < -0.39 is 23.3 Å². The summed E-state index contributed by atoms with van der Waals surface area (Å²) in [5, 5.41) is 19.4. The van der Waals surface area contributed by atoms with Crippen molar-refractivity contribution < 1.29 is 24.3 Å². The zero-order valence-electron chi connectivity index (χ0n) is 15.0. The van der Waals surface area contributed by atoms with Crippen molar-refractivity contribution in [1.29, 1.82) is 0 Å². The minimum atomic E-state index is -1.74. The number of aliphatic carboxylic acids is 2. The number of benzene rings is 1. The van der Waals surface area contributed by atoms with Crippen LogP contribution in [0, 0.1) is 11.3 Å². The molecule has 0 radical (unpaired) electrons. The van der Waals surface area contributed by atoms with Gasteiger partial charge in [-0.1, -0.05) is 51.1 Å². The first-order chi connectivity index (χ1) is 10.5. The van der Waals surface area contributed by atoms with Crippen LogP contribution in [0.25, 0.3) is 0 Å². The molecule has 5 heteroatoms. The molecule has 0 aliphatic rings. The molecule has 5 nitrogen and oxygen atoms in total. The van der Waals surface area contributed by atoms with Gasteiger partial charge in [-0.15, -0.1) is 0 Å². The van der Waals surface area contributed by atoms with Crippen LogP contribution < -0.4 is 5.11 Å². The van der Waals surface area contributed by atoms with Gasteiger partial charge in [0.05, 0.1) is 27.1 Å². The standard InChI is InChI=1S/C10H16N.C8H14O4/c1-11(2,3)9-10-7-5-4-6-8-10;1-4-8(5(2)3,6(9)10)7(11)12/h4-8H,9H2,1-3H3;5H,4H2,1-3H3,(H,9,10)(H,11,12)/q+1;/p-1. The summed E-state index contributed by atoms with van der Waals surface area (Å²) in [5.74, 6) is -3.29. The number of hydrogen-bond acceptors (Lipinski definition) is 3. The first kappa shape index (κ1) is 21.1. The van der Waals surface area contributed by atoms with Crippen molar-refractivity contribution in [3.8, 4) is 0 Å². The molecule has 1 N–H and O–H groups in total. The van der Waals surface area contributed by atoms with Crippen molar-refractivity contribution in [1.82, 2.24) is 0 Å². The molecule has 0 heterocycles. The molecule has 0 amide bonds. The Labute approximate surface area is 139 Å². The Kier molecular flexibility index (Phi) is 7.97. The van der Waals surface area contributed by atoms with Crippen molar-refractivity contribution >= 4 is 11.9 Å². The van der Waals surface area contributed by atoms with Crippen LogP contribution in [0.5, 0.6) is 0 Å². The van der Waals surface area contributed by atoms with E-state index in [-0.39, 0.29) is 6.42 Å². The topological polar surface area (TPSA) is 77.4 Å². The third-order valence-corrected chi connectivity index (χ3v) is 3.79.